The minimum Gasteiger partial charge on any atom is -0.379 e. The maximum Gasteiger partial charge on any atom is 0.146 e. The molecule has 1 aromatic carbocycles. The summed E-state index contributed by atoms with van der Waals surface area (Å²) in [5.41, 5.74) is 0.298. The Morgan fingerprint density at radius 1 is 1.44 bits per heavy atom. The average molecular weight is 256 g/mol. The van der Waals surface area contributed by atoms with Crippen LogP contribution in [0.3, 0.4) is 0 Å². The summed E-state index contributed by atoms with van der Waals surface area (Å²) >= 11 is 0. The van der Waals surface area contributed by atoms with Crippen LogP contribution >= 0.6 is 0 Å². The van der Waals surface area contributed by atoms with Crippen LogP contribution in [0.25, 0.3) is 0 Å². The van der Waals surface area contributed by atoms with Gasteiger partial charge in [0.1, 0.15) is 11.6 Å². The molecule has 1 aliphatic rings. The highest BCUT2D eigenvalue weighted by Crippen LogP contribution is 2.19. The summed E-state index contributed by atoms with van der Waals surface area (Å²) in [5.74, 6) is -0.816. The van der Waals surface area contributed by atoms with E-state index >= 15 is 0 Å². The van der Waals surface area contributed by atoms with Gasteiger partial charge in [-0.1, -0.05) is 0 Å². The van der Waals surface area contributed by atoms with Crippen LogP contribution in [0.4, 0.5) is 14.5 Å². The minimum absolute atomic E-state index is 0.290. The highest BCUT2D eigenvalue weighted by Gasteiger charge is 2.15. The normalized spacial score (nSPS) is 19.8. The Morgan fingerprint density at radius 3 is 3.00 bits per heavy atom. The summed E-state index contributed by atoms with van der Waals surface area (Å²) in [6, 6.07) is 3.80. The average Bonchev–Trinajstić information content (AvgIpc) is 2.40. The fourth-order valence-electron chi connectivity index (χ4n) is 2.05. The van der Waals surface area contributed by atoms with E-state index in [4.69, 9.17) is 4.74 Å². The molecule has 0 spiro atoms. The van der Waals surface area contributed by atoms with E-state index < -0.39 is 11.6 Å². The number of halogens is 2. The number of hydrogen-bond donors (Lipinski definition) is 1. The van der Waals surface area contributed by atoms with E-state index in [0.717, 1.165) is 31.7 Å². The first-order valence-electron chi connectivity index (χ1n) is 6.14. The second-order valence-electron chi connectivity index (χ2n) is 4.53. The molecule has 0 aromatic heterocycles. The van der Waals surface area contributed by atoms with Crippen LogP contribution in [-0.4, -0.2) is 39.4 Å². The molecule has 1 N–H and O–H groups in total. The molecule has 1 saturated heterocycles. The van der Waals surface area contributed by atoms with Gasteiger partial charge in [0.15, 0.2) is 0 Å². The smallest absolute Gasteiger partial charge is 0.146 e. The Balaban J connectivity index is 1.90. The van der Waals surface area contributed by atoms with Crippen LogP contribution in [0.5, 0.6) is 0 Å². The van der Waals surface area contributed by atoms with Gasteiger partial charge in [0, 0.05) is 32.2 Å². The van der Waals surface area contributed by atoms with E-state index in [0.29, 0.717) is 18.8 Å². The third kappa shape index (κ3) is 3.40. The summed E-state index contributed by atoms with van der Waals surface area (Å²) in [6.45, 7) is 2.93. The molecule has 1 heterocycles. The molecule has 100 valence electrons. The lowest BCUT2D eigenvalue weighted by Crippen LogP contribution is -2.43. The van der Waals surface area contributed by atoms with Crippen molar-refractivity contribution in [2.45, 2.75) is 12.5 Å². The van der Waals surface area contributed by atoms with Gasteiger partial charge in [0.2, 0.25) is 0 Å². The Labute approximate surface area is 106 Å². The number of anilines is 1. The molecule has 5 heteroatoms. The van der Waals surface area contributed by atoms with Gasteiger partial charge < -0.3 is 15.0 Å². The molecule has 1 atom stereocenters. The minimum atomic E-state index is -0.419. The maximum absolute atomic E-state index is 13.5. The van der Waals surface area contributed by atoms with E-state index in [1.807, 2.05) is 0 Å². The van der Waals surface area contributed by atoms with Crippen molar-refractivity contribution in [3.8, 4) is 0 Å². The van der Waals surface area contributed by atoms with Crippen molar-refractivity contribution >= 4 is 5.69 Å². The SMILES string of the molecule is CN(CCC1COCCN1)c1cc(F)ccc1F. The molecule has 1 fully saturated rings. The van der Waals surface area contributed by atoms with Crippen molar-refractivity contribution in [1.82, 2.24) is 5.32 Å². The van der Waals surface area contributed by atoms with Gasteiger partial charge in [0.25, 0.3) is 0 Å². The van der Waals surface area contributed by atoms with Crippen LogP contribution in [0.1, 0.15) is 6.42 Å². The first-order valence-corrected chi connectivity index (χ1v) is 6.14. The third-order valence-electron chi connectivity index (χ3n) is 3.13. The zero-order valence-electron chi connectivity index (χ0n) is 10.5. The fraction of sp³-hybridized carbons (Fsp3) is 0.538. The third-order valence-corrected chi connectivity index (χ3v) is 3.13. The van der Waals surface area contributed by atoms with Gasteiger partial charge in [-0.25, -0.2) is 8.78 Å². The maximum atomic E-state index is 13.5. The zero-order chi connectivity index (χ0) is 13.0. The van der Waals surface area contributed by atoms with E-state index in [1.54, 1.807) is 11.9 Å². The van der Waals surface area contributed by atoms with E-state index in [-0.39, 0.29) is 6.04 Å². The molecule has 0 saturated carbocycles. The second kappa shape index (κ2) is 6.11. The predicted octanol–water partition coefficient (Wildman–Crippen LogP) is 1.78. The Kier molecular flexibility index (Phi) is 4.49. The highest BCUT2D eigenvalue weighted by molar-refractivity contribution is 5.47. The molecule has 0 aliphatic carbocycles. The number of nitrogens with zero attached hydrogens (tertiary/aromatic N) is 1. The molecular formula is C13H18F2N2O. The second-order valence-corrected chi connectivity index (χ2v) is 4.53. The van der Waals surface area contributed by atoms with Crippen molar-refractivity contribution in [3.05, 3.63) is 29.8 Å². The lowest BCUT2D eigenvalue weighted by molar-refractivity contribution is 0.0749. The molecule has 0 amide bonds. The highest BCUT2D eigenvalue weighted by atomic mass is 19.1. The van der Waals surface area contributed by atoms with Gasteiger partial charge in [-0.3, -0.25) is 0 Å². The summed E-state index contributed by atoms with van der Waals surface area (Å²) in [6.07, 6.45) is 0.840. The quantitative estimate of drug-likeness (QED) is 0.888. The monoisotopic (exact) mass is 256 g/mol. The predicted molar refractivity (Wildman–Crippen MR) is 66.9 cm³/mol. The largest absolute Gasteiger partial charge is 0.379 e. The van der Waals surface area contributed by atoms with Crippen LogP contribution in [0.2, 0.25) is 0 Å². The summed E-state index contributed by atoms with van der Waals surface area (Å²) in [5, 5.41) is 3.33. The summed E-state index contributed by atoms with van der Waals surface area (Å²) < 4.78 is 32.0. The van der Waals surface area contributed by atoms with Gasteiger partial charge in [-0.15, -0.1) is 0 Å². The topological polar surface area (TPSA) is 24.5 Å². The molecule has 2 rings (SSSR count). The van der Waals surface area contributed by atoms with Gasteiger partial charge in [0.05, 0.1) is 18.9 Å². The van der Waals surface area contributed by atoms with Crippen molar-refractivity contribution in [1.29, 1.82) is 0 Å². The van der Waals surface area contributed by atoms with Crippen LogP contribution in [0.15, 0.2) is 18.2 Å². The Hall–Kier alpha value is -1.20. The van der Waals surface area contributed by atoms with Gasteiger partial charge in [-0.2, -0.15) is 0 Å². The van der Waals surface area contributed by atoms with E-state index in [2.05, 4.69) is 5.32 Å². The first kappa shape index (κ1) is 13.2. The number of morpholine rings is 1. The molecular weight excluding hydrogens is 238 g/mol. The van der Waals surface area contributed by atoms with Crippen molar-refractivity contribution in [2.24, 2.45) is 0 Å². The number of rotatable bonds is 4. The first-order chi connectivity index (χ1) is 8.66. The number of nitrogens with one attached hydrogen (secondary N) is 1. The number of ether oxygens (including phenoxy) is 1. The standard InChI is InChI=1S/C13H18F2N2O/c1-17(6-4-11-9-18-7-5-16-11)13-8-10(14)2-3-12(13)15/h2-3,8,11,16H,4-7,9H2,1H3. The molecule has 18 heavy (non-hydrogen) atoms. The van der Waals surface area contributed by atoms with Crippen molar-refractivity contribution < 1.29 is 13.5 Å². The molecule has 1 aromatic rings. The van der Waals surface area contributed by atoms with E-state index in [1.165, 1.54) is 6.07 Å². The van der Waals surface area contributed by atoms with Crippen LogP contribution in [-0.2, 0) is 4.74 Å². The van der Waals surface area contributed by atoms with Gasteiger partial charge in [-0.05, 0) is 18.6 Å². The van der Waals surface area contributed by atoms with Crippen molar-refractivity contribution in [2.75, 3.05) is 38.3 Å². The molecule has 0 radical (unpaired) electrons. The Bertz CT molecular complexity index is 395. The zero-order valence-corrected chi connectivity index (χ0v) is 10.5. The molecule has 0 bridgehead atoms. The van der Waals surface area contributed by atoms with Crippen LogP contribution in [0, 0.1) is 11.6 Å². The lowest BCUT2D eigenvalue weighted by Gasteiger charge is -2.27. The summed E-state index contributed by atoms with van der Waals surface area (Å²) in [7, 11) is 1.77. The fourth-order valence-corrected chi connectivity index (χ4v) is 2.05. The number of benzene rings is 1. The molecule has 1 aliphatic heterocycles. The Morgan fingerprint density at radius 2 is 2.28 bits per heavy atom. The molecule has 1 unspecified atom stereocenters. The van der Waals surface area contributed by atoms with Crippen LogP contribution < -0.4 is 10.2 Å². The number of hydrogen-bond acceptors (Lipinski definition) is 3. The molecule has 3 nitrogen and oxygen atoms in total. The summed E-state index contributed by atoms with van der Waals surface area (Å²) in [4.78, 5) is 1.73. The van der Waals surface area contributed by atoms with Gasteiger partial charge >= 0.3 is 0 Å². The lowest BCUT2D eigenvalue weighted by atomic mass is 10.2. The van der Waals surface area contributed by atoms with Crippen molar-refractivity contribution in [3.63, 3.8) is 0 Å². The van der Waals surface area contributed by atoms with E-state index in [9.17, 15) is 8.78 Å².